The van der Waals surface area contributed by atoms with Crippen LogP contribution in [0.25, 0.3) is 0 Å². The minimum atomic E-state index is 0.574. The van der Waals surface area contributed by atoms with Crippen molar-refractivity contribution in [3.05, 3.63) is 239 Å². The third-order valence-electron chi connectivity index (χ3n) is 13.6. The third-order valence-corrected chi connectivity index (χ3v) is 14.7. The molecule has 9 rings (SSSR count). The van der Waals surface area contributed by atoms with Crippen molar-refractivity contribution in [3.8, 4) is 34.5 Å². The molecule has 80 heavy (non-hydrogen) atoms. The standard InChI is InChI=1S/C64H68IN2O4P.C7H9N/c1-3-5-7-9-17-49-27-35-58(36-28-49)70-60-39-31-52(32-40-60)66(54-20-13-19-51(65)45-54)55-21-14-24-62(46-55)68-43-11-12-44-69-63-25-15-22-56(47-63)67(57-23-16-26-64(72)48-57)53-33-41-61(42-34-53)71-59-37-29-50(30-38-59)18-10-8-6-4-2;1-8-7-5-3-2-4-6-7/h13-16,19-42,45-48H,3-12,17-18,43-44,72H2,1-2H3;2-6,8H,1H3. The smallest absolute Gasteiger partial charge is 0.127 e. The fourth-order valence-corrected chi connectivity index (χ4v) is 10.2. The quantitative estimate of drug-likeness (QED) is 0.0298. The average molecular weight is 1190 g/mol. The van der Waals surface area contributed by atoms with Gasteiger partial charge in [0.25, 0.3) is 0 Å². The molecule has 0 bridgehead atoms. The summed E-state index contributed by atoms with van der Waals surface area (Å²) in [4.78, 5) is 4.51. The topological polar surface area (TPSA) is 55.4 Å². The van der Waals surface area contributed by atoms with Crippen molar-refractivity contribution in [2.45, 2.75) is 90.9 Å². The molecular weight excluding hydrogens is 1120 g/mol. The highest BCUT2D eigenvalue weighted by Crippen LogP contribution is 2.40. The lowest BCUT2D eigenvalue weighted by molar-refractivity contribution is 0.266. The lowest BCUT2D eigenvalue weighted by Gasteiger charge is -2.26. The van der Waals surface area contributed by atoms with Gasteiger partial charge in [-0.25, -0.2) is 0 Å². The van der Waals surface area contributed by atoms with Crippen molar-refractivity contribution in [1.82, 2.24) is 0 Å². The number of para-hydroxylation sites is 1. The number of benzene rings is 9. The molecule has 0 aliphatic rings. The van der Waals surface area contributed by atoms with Gasteiger partial charge >= 0.3 is 0 Å². The normalized spacial score (nSPS) is 10.8. The summed E-state index contributed by atoms with van der Waals surface area (Å²) in [5.74, 6) is 4.92. The van der Waals surface area contributed by atoms with Gasteiger partial charge in [0.1, 0.15) is 34.5 Å². The number of rotatable bonds is 28. The Morgan fingerprint density at radius 2 is 0.787 bits per heavy atom. The van der Waals surface area contributed by atoms with Crippen LogP contribution in [-0.4, -0.2) is 20.3 Å². The van der Waals surface area contributed by atoms with Crippen LogP contribution < -0.4 is 39.4 Å². The van der Waals surface area contributed by atoms with Crippen LogP contribution >= 0.6 is 31.8 Å². The minimum Gasteiger partial charge on any atom is -0.494 e. The van der Waals surface area contributed by atoms with E-state index in [1.54, 1.807) is 0 Å². The van der Waals surface area contributed by atoms with Crippen LogP contribution in [0.3, 0.4) is 0 Å². The molecule has 1 unspecified atom stereocenters. The maximum absolute atomic E-state index is 6.37. The van der Waals surface area contributed by atoms with Gasteiger partial charge in [0.05, 0.1) is 13.2 Å². The predicted molar refractivity (Wildman–Crippen MR) is 349 cm³/mol. The Bertz CT molecular complexity index is 3010. The first-order valence-corrected chi connectivity index (χ1v) is 30.1. The lowest BCUT2D eigenvalue weighted by atomic mass is 10.1. The maximum Gasteiger partial charge on any atom is 0.127 e. The van der Waals surface area contributed by atoms with Crippen LogP contribution in [0.1, 0.15) is 89.2 Å². The van der Waals surface area contributed by atoms with Crippen molar-refractivity contribution in [2.75, 3.05) is 35.4 Å². The van der Waals surface area contributed by atoms with Crippen LogP contribution in [0.4, 0.5) is 39.8 Å². The van der Waals surface area contributed by atoms with Gasteiger partial charge in [-0.3, -0.25) is 0 Å². The molecule has 9 heteroatoms. The minimum absolute atomic E-state index is 0.574. The van der Waals surface area contributed by atoms with E-state index >= 15 is 0 Å². The van der Waals surface area contributed by atoms with Gasteiger partial charge in [-0.2, -0.15) is 0 Å². The van der Waals surface area contributed by atoms with Gasteiger partial charge in [0, 0.05) is 62.6 Å². The summed E-state index contributed by atoms with van der Waals surface area (Å²) in [6, 6.07) is 77.4. The molecule has 9 aromatic rings. The Balaban J connectivity index is 0.000000965. The van der Waals surface area contributed by atoms with E-state index in [0.29, 0.717) is 13.2 Å². The molecule has 0 aliphatic carbocycles. The summed E-state index contributed by atoms with van der Waals surface area (Å²) in [5.41, 5.74) is 10.1. The molecule has 0 aliphatic heterocycles. The second-order valence-corrected chi connectivity index (χ2v) is 21.8. The Kier molecular flexibility index (Phi) is 23.6. The Morgan fingerprint density at radius 3 is 1.20 bits per heavy atom. The van der Waals surface area contributed by atoms with Gasteiger partial charge in [-0.15, -0.1) is 9.24 Å². The summed E-state index contributed by atoms with van der Waals surface area (Å²) in [7, 11) is 4.74. The first kappa shape index (κ1) is 58.9. The fourth-order valence-electron chi connectivity index (χ4n) is 9.35. The summed E-state index contributed by atoms with van der Waals surface area (Å²) in [6.07, 6.45) is 14.0. The molecule has 0 heterocycles. The molecule has 412 valence electrons. The number of nitrogens with zero attached hydrogens (tertiary/aromatic N) is 2. The fraction of sp³-hybridized carbons (Fsp3) is 0.239. The molecule has 0 radical (unpaired) electrons. The number of aryl methyl sites for hydroxylation is 2. The van der Waals surface area contributed by atoms with Gasteiger partial charge in [0.15, 0.2) is 0 Å². The van der Waals surface area contributed by atoms with E-state index in [1.807, 2.05) is 73.8 Å². The van der Waals surface area contributed by atoms with Gasteiger partial charge in [0.2, 0.25) is 0 Å². The largest absolute Gasteiger partial charge is 0.494 e. The molecule has 0 aromatic heterocycles. The lowest BCUT2D eigenvalue weighted by Crippen LogP contribution is -2.11. The highest BCUT2D eigenvalue weighted by Gasteiger charge is 2.16. The van der Waals surface area contributed by atoms with Crippen molar-refractivity contribution in [2.24, 2.45) is 0 Å². The van der Waals surface area contributed by atoms with Crippen LogP contribution in [-0.2, 0) is 12.8 Å². The Labute approximate surface area is 492 Å². The van der Waals surface area contributed by atoms with E-state index in [9.17, 15) is 0 Å². The molecule has 9 aromatic carbocycles. The zero-order chi connectivity index (χ0) is 55.6. The highest BCUT2D eigenvalue weighted by atomic mass is 127. The molecule has 1 N–H and O–H groups in total. The molecule has 7 nitrogen and oxygen atoms in total. The van der Waals surface area contributed by atoms with Gasteiger partial charge < -0.3 is 34.1 Å². The van der Waals surface area contributed by atoms with Crippen molar-refractivity contribution < 1.29 is 18.9 Å². The molecule has 0 spiro atoms. The monoisotopic (exact) mass is 1190 g/mol. The first-order chi connectivity index (χ1) is 39.3. The highest BCUT2D eigenvalue weighted by molar-refractivity contribution is 14.1. The molecular formula is C71H77IN3O4P. The molecule has 0 amide bonds. The zero-order valence-corrected chi connectivity index (χ0v) is 50.1. The predicted octanol–water partition coefficient (Wildman–Crippen LogP) is 20.5. The second-order valence-electron chi connectivity index (χ2n) is 19.9. The van der Waals surface area contributed by atoms with E-state index in [-0.39, 0.29) is 0 Å². The average Bonchev–Trinajstić information content (AvgIpc) is 3.62. The number of hydrogen-bond donors (Lipinski definition) is 1. The Hall–Kier alpha value is -7.26. The molecule has 1 atom stereocenters. The third kappa shape index (κ3) is 18.7. The van der Waals surface area contributed by atoms with Crippen molar-refractivity contribution in [1.29, 1.82) is 0 Å². The van der Waals surface area contributed by atoms with E-state index < -0.39 is 0 Å². The molecule has 0 fully saturated rings. The van der Waals surface area contributed by atoms with Crippen molar-refractivity contribution in [3.63, 3.8) is 0 Å². The van der Waals surface area contributed by atoms with E-state index in [0.717, 1.165) is 109 Å². The number of ether oxygens (including phenoxy) is 4. The molecule has 0 saturated heterocycles. The van der Waals surface area contributed by atoms with Crippen LogP contribution in [0.15, 0.2) is 224 Å². The number of hydrogen-bond acceptors (Lipinski definition) is 7. The summed E-state index contributed by atoms with van der Waals surface area (Å²) >= 11 is 2.38. The van der Waals surface area contributed by atoms with Gasteiger partial charge in [-0.1, -0.05) is 125 Å². The second kappa shape index (κ2) is 32.1. The van der Waals surface area contributed by atoms with Crippen molar-refractivity contribution >= 4 is 76.9 Å². The number of halogens is 1. The number of unbranched alkanes of at least 4 members (excludes halogenated alkanes) is 7. The number of anilines is 7. The van der Waals surface area contributed by atoms with E-state index in [1.165, 1.54) is 62.5 Å². The SMILES string of the molecule is CCCCCCc1ccc(Oc2ccc(N(c3cccc(P)c3)c3cccc(OCCCCOc4cccc(N(c5ccc(Oc6ccc(CCCCCC)cc6)cc5)c5cccc(I)c5)c4)c3)cc2)cc1.CNc1ccccc1. The number of nitrogens with one attached hydrogen (secondary N) is 1. The Morgan fingerprint density at radius 1 is 0.375 bits per heavy atom. The van der Waals surface area contributed by atoms with E-state index in [2.05, 4.69) is 219 Å². The molecule has 0 saturated carbocycles. The summed E-state index contributed by atoms with van der Waals surface area (Å²) in [5, 5.41) is 4.14. The first-order valence-electron chi connectivity index (χ1n) is 28.5. The zero-order valence-electron chi connectivity index (χ0n) is 46.7. The van der Waals surface area contributed by atoms with Crippen LogP contribution in [0.2, 0.25) is 0 Å². The maximum atomic E-state index is 6.37. The van der Waals surface area contributed by atoms with Gasteiger partial charge in [-0.05, 0) is 217 Å². The van der Waals surface area contributed by atoms with Crippen LogP contribution in [0, 0.1) is 3.57 Å². The van der Waals surface area contributed by atoms with E-state index in [4.69, 9.17) is 18.9 Å². The van der Waals surface area contributed by atoms with Crippen LogP contribution in [0.5, 0.6) is 34.5 Å². The summed E-state index contributed by atoms with van der Waals surface area (Å²) < 4.78 is 26.5. The summed E-state index contributed by atoms with van der Waals surface area (Å²) in [6.45, 7) is 5.65.